The van der Waals surface area contributed by atoms with Gasteiger partial charge in [-0.1, -0.05) is 50.2 Å². The number of aliphatic hydroxyl groups excluding tert-OH is 2. The van der Waals surface area contributed by atoms with Gasteiger partial charge in [0.25, 0.3) is 0 Å². The lowest BCUT2D eigenvalue weighted by Gasteiger charge is -2.35. The quantitative estimate of drug-likeness (QED) is 0.0720. The van der Waals surface area contributed by atoms with E-state index < -0.39 is 36.5 Å². The highest BCUT2D eigenvalue weighted by Gasteiger charge is 2.40. The number of likely N-dealkylation sites (tertiary alicyclic amines) is 2. The molecule has 2 saturated heterocycles. The minimum Gasteiger partial charge on any atom is -0.392 e. The Morgan fingerprint density at radius 3 is 2.23 bits per heavy atom. The normalized spacial score (nSPS) is 21.1. The number of rotatable bonds is 16. The van der Waals surface area contributed by atoms with Gasteiger partial charge in [0.05, 0.1) is 41.1 Å². The summed E-state index contributed by atoms with van der Waals surface area (Å²) in [5, 5.41) is 38.8. The van der Waals surface area contributed by atoms with Crippen LogP contribution in [0.2, 0.25) is 0 Å². The summed E-state index contributed by atoms with van der Waals surface area (Å²) in [6.07, 6.45) is 2.17. The largest absolute Gasteiger partial charge is 0.392 e. The maximum Gasteiger partial charge on any atom is 0.245 e. The van der Waals surface area contributed by atoms with Crippen LogP contribution in [-0.4, -0.2) is 123 Å². The molecule has 2 aliphatic rings. The molecule has 8 unspecified atom stereocenters. The van der Waals surface area contributed by atoms with Crippen LogP contribution in [0.25, 0.3) is 44.0 Å². The second-order valence-corrected chi connectivity index (χ2v) is 16.8. The summed E-state index contributed by atoms with van der Waals surface area (Å²) in [6.45, 7) is 8.17. The van der Waals surface area contributed by atoms with E-state index in [0.29, 0.717) is 44.2 Å². The fourth-order valence-corrected chi connectivity index (χ4v) is 9.35. The van der Waals surface area contributed by atoms with E-state index in [-0.39, 0.29) is 42.2 Å². The van der Waals surface area contributed by atoms with Crippen molar-refractivity contribution in [1.82, 2.24) is 41.0 Å². The number of carbonyl (C=O) groups is 3. The fraction of sp³-hybridized carbons (Fsp3) is 0.500. The van der Waals surface area contributed by atoms with Crippen LogP contribution in [0.5, 0.6) is 0 Å². The number of aliphatic hydroxyl groups is 2. The Labute approximate surface area is 350 Å². The summed E-state index contributed by atoms with van der Waals surface area (Å²) >= 11 is 0. The van der Waals surface area contributed by atoms with Crippen molar-refractivity contribution < 1.29 is 29.0 Å². The average Bonchev–Trinajstić information content (AvgIpc) is 4.05. The molecule has 2 fully saturated rings. The Morgan fingerprint density at radius 2 is 1.52 bits per heavy atom. The summed E-state index contributed by atoms with van der Waals surface area (Å²) in [6, 6.07) is 14.6. The highest BCUT2D eigenvalue weighted by molar-refractivity contribution is 6.09. The molecule has 0 spiro atoms. The van der Waals surface area contributed by atoms with Crippen molar-refractivity contribution in [3.05, 3.63) is 71.5 Å². The summed E-state index contributed by atoms with van der Waals surface area (Å²) in [7, 11) is 3.42. The summed E-state index contributed by atoms with van der Waals surface area (Å²) in [5.74, 6) is -0.913. The predicted molar refractivity (Wildman–Crippen MR) is 234 cm³/mol. The Balaban J connectivity index is 1.30. The number of aromatic nitrogens is 2. The third-order valence-electron chi connectivity index (χ3n) is 13.0. The van der Waals surface area contributed by atoms with E-state index >= 15 is 0 Å². The Bertz CT molecular complexity index is 2340. The van der Waals surface area contributed by atoms with Gasteiger partial charge in [-0.05, 0) is 108 Å². The molecule has 60 heavy (non-hydrogen) atoms. The monoisotopic (exact) mass is 824 g/mol. The molecule has 0 saturated carbocycles. The van der Waals surface area contributed by atoms with Gasteiger partial charge >= 0.3 is 0 Å². The molecule has 2 aromatic heterocycles. The van der Waals surface area contributed by atoms with Crippen molar-refractivity contribution in [2.45, 2.75) is 121 Å². The highest BCUT2D eigenvalue weighted by Crippen LogP contribution is 2.41. The first-order valence-corrected chi connectivity index (χ1v) is 21.6. The van der Waals surface area contributed by atoms with Gasteiger partial charge in [-0.15, -0.1) is 0 Å². The lowest BCUT2D eigenvalue weighted by molar-refractivity contribution is -0.137. The zero-order valence-corrected chi connectivity index (χ0v) is 35.6. The second-order valence-electron chi connectivity index (χ2n) is 16.8. The van der Waals surface area contributed by atoms with Crippen molar-refractivity contribution >= 4 is 50.3 Å². The zero-order chi connectivity index (χ0) is 42.8. The van der Waals surface area contributed by atoms with Gasteiger partial charge in [0, 0.05) is 46.8 Å². The Kier molecular flexibility index (Phi) is 13.3. The minimum atomic E-state index is -1.06. The molecule has 322 valence electrons. The Morgan fingerprint density at radius 1 is 0.850 bits per heavy atom. The van der Waals surface area contributed by atoms with Crippen molar-refractivity contribution in [3.8, 4) is 11.4 Å². The van der Waals surface area contributed by atoms with E-state index in [1.165, 1.54) is 12.1 Å². The van der Waals surface area contributed by atoms with E-state index in [1.807, 2.05) is 35.8 Å². The van der Waals surface area contributed by atoms with Crippen LogP contribution >= 0.6 is 0 Å². The summed E-state index contributed by atoms with van der Waals surface area (Å²) in [4.78, 5) is 51.2. The first-order valence-electron chi connectivity index (χ1n) is 21.6. The fourth-order valence-electron chi connectivity index (χ4n) is 9.35. The summed E-state index contributed by atoms with van der Waals surface area (Å²) < 4.78 is 15.0. The van der Waals surface area contributed by atoms with Gasteiger partial charge in [-0.2, -0.15) is 0 Å². The van der Waals surface area contributed by atoms with E-state index in [9.17, 15) is 29.0 Å². The number of halogens is 1. The molecule has 3 aromatic carbocycles. The number of benzene rings is 3. The number of nitrogens with zero attached hydrogens (tertiary/aromatic N) is 2. The maximum absolute atomic E-state index is 15.0. The topological polar surface area (TPSA) is 178 Å². The molecule has 4 heterocycles. The number of likely N-dealkylation sites (N-methyl/N-ethyl adjacent to an activating group) is 2. The number of hydrogen-bond acceptors (Lipinski definition) is 8. The molecule has 8 N–H and O–H groups in total. The molecule has 2 aliphatic heterocycles. The minimum absolute atomic E-state index is 0.0919. The number of carbonyl (C=O) groups excluding carboxylic acids is 3. The molecule has 0 radical (unpaired) electrons. The first-order chi connectivity index (χ1) is 28.9. The number of fused-ring (bicyclic) bond motifs is 4. The van der Waals surface area contributed by atoms with E-state index in [4.69, 9.17) is 0 Å². The van der Waals surface area contributed by atoms with Gasteiger partial charge in [0.2, 0.25) is 17.7 Å². The molecule has 5 aromatic rings. The second kappa shape index (κ2) is 18.4. The van der Waals surface area contributed by atoms with Crippen molar-refractivity contribution in [2.24, 2.45) is 0 Å². The number of nitrogens with one attached hydrogen (secondary N) is 6. The smallest absolute Gasteiger partial charge is 0.245 e. The van der Waals surface area contributed by atoms with Crippen LogP contribution in [0, 0.1) is 5.82 Å². The molecule has 14 heteroatoms. The molecule has 0 aliphatic carbocycles. The van der Waals surface area contributed by atoms with Crippen LogP contribution < -0.4 is 21.3 Å². The molecular weight excluding hydrogens is 764 g/mol. The van der Waals surface area contributed by atoms with Crippen LogP contribution in [0.3, 0.4) is 0 Å². The summed E-state index contributed by atoms with van der Waals surface area (Å²) in [5.41, 5.74) is 5.11. The number of β-amino-alcohol motifs (C(OH)–C–C–N with tert-alkyl or cyclic N) is 1. The van der Waals surface area contributed by atoms with Crippen molar-refractivity contribution in [3.63, 3.8) is 0 Å². The molecular formula is C46H61FN8O5. The zero-order valence-electron chi connectivity index (χ0n) is 35.6. The van der Waals surface area contributed by atoms with Crippen LogP contribution in [0.15, 0.2) is 54.6 Å². The number of aromatic amines is 2. The van der Waals surface area contributed by atoms with Crippen molar-refractivity contribution in [2.75, 3.05) is 27.2 Å². The number of hydrogen-bond donors (Lipinski definition) is 8. The molecule has 13 nitrogen and oxygen atoms in total. The van der Waals surface area contributed by atoms with Crippen molar-refractivity contribution in [1.29, 1.82) is 0 Å². The standard InChI is InChI=1S/C46H61FN8O5/c1-7-37(51-43(57)25(3)48-5)45(59)54-19-11-13-29(54)22-36-34-17-15-27-12-9-10-14-32(27)40(34)53-42(36)41-35(33-18-16-28(47)20-39(33)50-41)23-30-21-31(56)24-55(30)46(60)38(8-2)52-44(58)26(4)49-6/h9-10,12,14-18,20,25-26,29-31,37-38,46,48-50,53,56,60H,7-8,11,13,19,21-24H2,1-6H3,(H,51,57)(H,52,58). The first kappa shape index (κ1) is 43.2. The van der Waals surface area contributed by atoms with Crippen LogP contribution in [0.4, 0.5) is 4.39 Å². The SMILES string of the molecule is CCC(NC(=O)C(C)NC)C(=O)N1CCCC1Cc1c(-c2[nH]c3cc(F)ccc3c2CC2CC(O)CN2C(O)C(CC)NC(=O)C(C)NC)[nH]c2c1ccc1ccccc12. The number of H-pyrrole nitrogens is 2. The van der Waals surface area contributed by atoms with Gasteiger partial charge in [-0.3, -0.25) is 19.3 Å². The van der Waals surface area contributed by atoms with E-state index in [1.54, 1.807) is 34.0 Å². The molecule has 7 rings (SSSR count). The lowest BCUT2D eigenvalue weighted by atomic mass is 9.94. The van der Waals surface area contributed by atoms with Crippen LogP contribution in [0.1, 0.15) is 70.9 Å². The van der Waals surface area contributed by atoms with Crippen LogP contribution in [-0.2, 0) is 27.2 Å². The lowest BCUT2D eigenvalue weighted by Crippen LogP contribution is -2.56. The van der Waals surface area contributed by atoms with Gasteiger partial charge in [0.15, 0.2) is 0 Å². The molecule has 8 atom stereocenters. The van der Waals surface area contributed by atoms with E-state index in [0.717, 1.165) is 62.4 Å². The third kappa shape index (κ3) is 8.53. The molecule has 3 amide bonds. The van der Waals surface area contributed by atoms with E-state index in [2.05, 4.69) is 55.5 Å². The average molecular weight is 825 g/mol. The third-order valence-corrected chi connectivity index (χ3v) is 13.0. The van der Waals surface area contributed by atoms with Gasteiger partial charge in [0.1, 0.15) is 18.1 Å². The molecule has 0 bridgehead atoms. The highest BCUT2D eigenvalue weighted by atomic mass is 19.1. The maximum atomic E-state index is 15.0. The number of amides is 3. The Hall–Kier alpha value is -4.86. The predicted octanol–water partition coefficient (Wildman–Crippen LogP) is 4.44. The van der Waals surface area contributed by atoms with Gasteiger partial charge in [-0.25, -0.2) is 4.39 Å². The van der Waals surface area contributed by atoms with Gasteiger partial charge < -0.3 is 46.3 Å².